The van der Waals surface area contributed by atoms with Crippen LogP contribution in [0.15, 0.2) is 49.1 Å². The highest BCUT2D eigenvalue weighted by atomic mass is 16.1. The van der Waals surface area contributed by atoms with Crippen molar-refractivity contribution >= 4 is 34.3 Å². The van der Waals surface area contributed by atoms with E-state index < -0.39 is 5.91 Å². The van der Waals surface area contributed by atoms with E-state index in [9.17, 15) is 4.79 Å². The quantitative estimate of drug-likeness (QED) is 0.490. The fourth-order valence-electron chi connectivity index (χ4n) is 2.93. The highest BCUT2D eigenvalue weighted by Gasteiger charge is 2.21. The summed E-state index contributed by atoms with van der Waals surface area (Å²) >= 11 is 0. The molecule has 0 atom stereocenters. The molecule has 1 amide bonds. The number of hydrogen-bond acceptors (Lipinski definition) is 7. The largest absolute Gasteiger partial charge is 0.371 e. The molecule has 4 N–H and O–H groups in total. The third-order valence-electron chi connectivity index (χ3n) is 4.30. The Hall–Kier alpha value is -4.01. The molecule has 140 valence electrons. The first-order chi connectivity index (χ1) is 13.6. The summed E-state index contributed by atoms with van der Waals surface area (Å²) in [6.07, 6.45) is 5.07. The first-order valence-electron chi connectivity index (χ1n) is 8.55. The van der Waals surface area contributed by atoms with Crippen LogP contribution in [0.5, 0.6) is 0 Å². The third kappa shape index (κ3) is 2.98. The first kappa shape index (κ1) is 17.4. The maximum Gasteiger partial charge on any atom is 0.271 e. The molecule has 28 heavy (non-hydrogen) atoms. The zero-order valence-corrected chi connectivity index (χ0v) is 15.3. The summed E-state index contributed by atoms with van der Waals surface area (Å²) in [5.41, 5.74) is 9.04. The van der Waals surface area contributed by atoms with E-state index in [1.165, 1.54) is 0 Å². The van der Waals surface area contributed by atoms with Crippen LogP contribution in [0.25, 0.3) is 22.3 Å². The number of para-hydroxylation sites is 1. The van der Waals surface area contributed by atoms with E-state index in [2.05, 4.69) is 30.6 Å². The number of anilines is 3. The van der Waals surface area contributed by atoms with Crippen molar-refractivity contribution in [3.05, 3.63) is 54.7 Å². The summed E-state index contributed by atoms with van der Waals surface area (Å²) in [5.74, 6) is 0.0623. The zero-order valence-electron chi connectivity index (χ0n) is 15.3. The molecule has 4 aromatic rings. The molecule has 0 saturated heterocycles. The Morgan fingerprint density at radius 2 is 1.89 bits per heavy atom. The number of rotatable bonds is 5. The van der Waals surface area contributed by atoms with Crippen molar-refractivity contribution in [2.24, 2.45) is 12.8 Å². The topological polar surface area (TPSA) is 124 Å². The number of imidazole rings is 1. The highest BCUT2D eigenvalue weighted by Crippen LogP contribution is 2.32. The van der Waals surface area contributed by atoms with Gasteiger partial charge in [-0.15, -0.1) is 0 Å². The van der Waals surface area contributed by atoms with Gasteiger partial charge in [-0.3, -0.25) is 9.78 Å². The molecule has 9 heteroatoms. The fourth-order valence-corrected chi connectivity index (χ4v) is 2.93. The highest BCUT2D eigenvalue weighted by molar-refractivity contribution is 5.99. The number of aromatic nitrogens is 5. The Bertz CT molecular complexity index is 1170. The lowest BCUT2D eigenvalue weighted by atomic mass is 10.1. The lowest BCUT2D eigenvalue weighted by Crippen LogP contribution is -2.18. The molecule has 0 bridgehead atoms. The second kappa shape index (κ2) is 6.95. The summed E-state index contributed by atoms with van der Waals surface area (Å²) in [4.78, 5) is 29.9. The van der Waals surface area contributed by atoms with Crippen LogP contribution in [-0.2, 0) is 7.05 Å². The lowest BCUT2D eigenvalue weighted by Gasteiger charge is -2.14. The van der Waals surface area contributed by atoms with Crippen LogP contribution in [0.3, 0.4) is 0 Å². The smallest absolute Gasteiger partial charge is 0.271 e. The monoisotopic (exact) mass is 374 g/mol. The minimum atomic E-state index is -0.684. The average Bonchev–Trinajstić information content (AvgIpc) is 3.09. The van der Waals surface area contributed by atoms with Crippen LogP contribution in [0.1, 0.15) is 10.5 Å². The summed E-state index contributed by atoms with van der Waals surface area (Å²) < 4.78 is 1.86. The number of aryl methyl sites for hydroxylation is 1. The molecule has 0 saturated carbocycles. The number of amides is 1. The van der Waals surface area contributed by atoms with E-state index in [4.69, 9.17) is 5.73 Å². The molecule has 3 heterocycles. The van der Waals surface area contributed by atoms with Crippen molar-refractivity contribution in [1.82, 2.24) is 24.5 Å². The van der Waals surface area contributed by atoms with Gasteiger partial charge < -0.3 is 20.9 Å². The van der Waals surface area contributed by atoms with Crippen molar-refractivity contribution in [2.75, 3.05) is 17.7 Å². The van der Waals surface area contributed by atoms with Crippen LogP contribution in [0.2, 0.25) is 0 Å². The molecule has 0 aliphatic carbocycles. The van der Waals surface area contributed by atoms with Crippen LogP contribution >= 0.6 is 0 Å². The van der Waals surface area contributed by atoms with Crippen molar-refractivity contribution in [3.63, 3.8) is 0 Å². The van der Waals surface area contributed by atoms with Crippen molar-refractivity contribution in [1.29, 1.82) is 0 Å². The number of nitrogens with two attached hydrogens (primary N) is 1. The first-order valence-corrected chi connectivity index (χ1v) is 8.55. The van der Waals surface area contributed by atoms with Crippen molar-refractivity contribution in [2.45, 2.75) is 0 Å². The van der Waals surface area contributed by atoms with Gasteiger partial charge in [0.25, 0.3) is 5.91 Å². The van der Waals surface area contributed by atoms with Crippen LogP contribution in [0.4, 0.5) is 17.3 Å². The van der Waals surface area contributed by atoms with E-state index in [0.29, 0.717) is 22.6 Å². The summed E-state index contributed by atoms with van der Waals surface area (Å²) in [5, 5.41) is 6.13. The van der Waals surface area contributed by atoms with Crippen LogP contribution in [0, 0.1) is 0 Å². The Labute approximate surface area is 160 Å². The van der Waals surface area contributed by atoms with Gasteiger partial charge in [0.2, 0.25) is 0 Å². The summed E-state index contributed by atoms with van der Waals surface area (Å²) in [7, 11) is 3.61. The number of benzene rings is 1. The van der Waals surface area contributed by atoms with Gasteiger partial charge in [0, 0.05) is 26.0 Å². The van der Waals surface area contributed by atoms with Crippen LogP contribution < -0.4 is 16.4 Å². The molecule has 9 nitrogen and oxygen atoms in total. The van der Waals surface area contributed by atoms with E-state index in [0.717, 1.165) is 11.2 Å². The Morgan fingerprint density at radius 3 is 2.61 bits per heavy atom. The zero-order chi connectivity index (χ0) is 19.7. The predicted octanol–water partition coefficient (Wildman–Crippen LogP) is 2.31. The second-order valence-corrected chi connectivity index (χ2v) is 6.13. The molecule has 3 aromatic heterocycles. The normalized spacial score (nSPS) is 10.8. The van der Waals surface area contributed by atoms with E-state index in [-0.39, 0.29) is 11.5 Å². The molecule has 1 aromatic carbocycles. The van der Waals surface area contributed by atoms with Gasteiger partial charge in [-0.05, 0) is 12.1 Å². The Morgan fingerprint density at radius 1 is 1.11 bits per heavy atom. The molecule has 0 aliphatic heterocycles. The third-order valence-corrected chi connectivity index (χ3v) is 4.30. The SMILES string of the molecule is CNc1nc(Nc2ccccc2)c(C(N)=O)nc1-c1cncc2c1ncn2C. The van der Waals surface area contributed by atoms with Crippen LogP contribution in [-0.4, -0.2) is 37.5 Å². The van der Waals surface area contributed by atoms with Crippen molar-refractivity contribution in [3.8, 4) is 11.3 Å². The van der Waals surface area contributed by atoms with Crippen molar-refractivity contribution < 1.29 is 4.79 Å². The number of fused-ring (bicyclic) bond motifs is 1. The van der Waals surface area contributed by atoms with Gasteiger partial charge in [-0.1, -0.05) is 18.2 Å². The molecule has 4 rings (SSSR count). The second-order valence-electron chi connectivity index (χ2n) is 6.13. The standard InChI is InChI=1S/C19H18N8O/c1-21-18-15(12-8-22-9-13-14(12)23-10-27(13)2)25-16(17(20)28)19(26-18)24-11-6-4-3-5-7-11/h3-10H,1-2H3,(H2,20,28)(H2,21,24,26). The van der Waals surface area contributed by atoms with Gasteiger partial charge >= 0.3 is 0 Å². The van der Waals surface area contributed by atoms with Gasteiger partial charge in [0.05, 0.1) is 23.6 Å². The maximum atomic E-state index is 12.1. The maximum absolute atomic E-state index is 12.1. The predicted molar refractivity (Wildman–Crippen MR) is 107 cm³/mol. The van der Waals surface area contributed by atoms with Gasteiger partial charge in [0.1, 0.15) is 11.2 Å². The number of nitrogens with one attached hydrogen (secondary N) is 2. The molecule has 0 aliphatic rings. The number of hydrogen-bond donors (Lipinski definition) is 3. The Balaban J connectivity index is 1.91. The number of carbonyl (C=O) groups excluding carboxylic acids is 1. The lowest BCUT2D eigenvalue weighted by molar-refractivity contribution is 0.0996. The molecule has 0 fully saturated rings. The Kier molecular flexibility index (Phi) is 4.32. The van der Waals surface area contributed by atoms with E-state index >= 15 is 0 Å². The summed E-state index contributed by atoms with van der Waals surface area (Å²) in [6.45, 7) is 0. The average molecular weight is 374 g/mol. The molecular weight excluding hydrogens is 356 g/mol. The van der Waals surface area contributed by atoms with E-state index in [1.54, 1.807) is 25.8 Å². The van der Waals surface area contributed by atoms with Gasteiger partial charge in [-0.2, -0.15) is 0 Å². The number of primary amides is 1. The molecular formula is C19H18N8O. The number of nitrogens with zero attached hydrogens (tertiary/aromatic N) is 5. The molecule has 0 spiro atoms. The minimum Gasteiger partial charge on any atom is -0.371 e. The van der Waals surface area contributed by atoms with E-state index in [1.807, 2.05) is 41.9 Å². The summed E-state index contributed by atoms with van der Waals surface area (Å²) in [6, 6.07) is 9.37. The molecule has 0 unspecified atom stereocenters. The van der Waals surface area contributed by atoms with Gasteiger partial charge in [0.15, 0.2) is 17.3 Å². The number of carbonyl (C=O) groups is 1. The fraction of sp³-hybridized carbons (Fsp3) is 0.105. The van der Waals surface area contributed by atoms with Gasteiger partial charge in [-0.25, -0.2) is 15.0 Å². The minimum absolute atomic E-state index is 0.0331. The number of pyridine rings is 1. The molecule has 0 radical (unpaired) electrons.